The molecule has 1 heterocycles. The molecule has 1 N–H and O–H groups in total. The zero-order valence-corrected chi connectivity index (χ0v) is 12.0. The number of aromatic nitrogens is 1. The zero-order valence-electron chi connectivity index (χ0n) is 12.0. The van der Waals surface area contributed by atoms with Crippen LogP contribution in [-0.2, 0) is 0 Å². The first-order chi connectivity index (χ1) is 9.84. The van der Waals surface area contributed by atoms with Crippen LogP contribution in [0, 0.1) is 5.92 Å². The second kappa shape index (κ2) is 6.36. The van der Waals surface area contributed by atoms with Gasteiger partial charge in [0.15, 0.2) is 0 Å². The lowest BCUT2D eigenvalue weighted by Gasteiger charge is -2.23. The summed E-state index contributed by atoms with van der Waals surface area (Å²) in [5.41, 5.74) is 1.94. The molecule has 0 radical (unpaired) electrons. The third-order valence-corrected chi connectivity index (χ3v) is 4.60. The molecule has 106 valence electrons. The number of pyridine rings is 1. The Bertz CT molecular complexity index is 555. The summed E-state index contributed by atoms with van der Waals surface area (Å²) in [5.74, 6) is 0.821. The zero-order chi connectivity index (χ0) is 13.8. The highest BCUT2D eigenvalue weighted by Crippen LogP contribution is 2.31. The maximum Gasteiger partial charge on any atom is 0.0811 e. The minimum atomic E-state index is -0.379. The highest BCUT2D eigenvalue weighted by atomic mass is 16.3. The van der Waals surface area contributed by atoms with Gasteiger partial charge in [-0.25, -0.2) is 0 Å². The normalized spacial score (nSPS) is 18.2. The lowest BCUT2D eigenvalue weighted by atomic mass is 9.85. The average Bonchev–Trinajstić information content (AvgIpc) is 2.53. The van der Waals surface area contributed by atoms with Gasteiger partial charge in [0.1, 0.15) is 0 Å². The van der Waals surface area contributed by atoms with Gasteiger partial charge in [0, 0.05) is 17.1 Å². The third kappa shape index (κ3) is 3.01. The number of aliphatic hydroxyl groups excluding tert-OH is 1. The van der Waals surface area contributed by atoms with E-state index in [2.05, 4.69) is 17.1 Å². The van der Waals surface area contributed by atoms with Gasteiger partial charge in [0.05, 0.1) is 11.6 Å². The van der Waals surface area contributed by atoms with E-state index in [4.69, 9.17) is 0 Å². The number of nitrogens with zero attached hydrogens (tertiary/aromatic N) is 1. The summed E-state index contributed by atoms with van der Waals surface area (Å²) in [4.78, 5) is 4.44. The number of hydrogen-bond donors (Lipinski definition) is 1. The molecule has 20 heavy (non-hydrogen) atoms. The van der Waals surface area contributed by atoms with Crippen molar-refractivity contribution in [2.45, 2.75) is 51.0 Å². The van der Waals surface area contributed by atoms with Gasteiger partial charge in [0.25, 0.3) is 0 Å². The van der Waals surface area contributed by atoms with Crippen LogP contribution >= 0.6 is 0 Å². The quantitative estimate of drug-likeness (QED) is 0.878. The number of para-hydroxylation sites is 1. The Labute approximate surface area is 120 Å². The van der Waals surface area contributed by atoms with Gasteiger partial charge < -0.3 is 5.11 Å². The summed E-state index contributed by atoms with van der Waals surface area (Å²) in [5, 5.41) is 11.6. The number of rotatable bonds is 4. The molecule has 3 rings (SSSR count). The Morgan fingerprint density at radius 3 is 2.75 bits per heavy atom. The fraction of sp³-hybridized carbons (Fsp3) is 0.500. The van der Waals surface area contributed by atoms with Gasteiger partial charge >= 0.3 is 0 Å². The summed E-state index contributed by atoms with van der Waals surface area (Å²) in [7, 11) is 0. The van der Waals surface area contributed by atoms with E-state index >= 15 is 0 Å². The van der Waals surface area contributed by atoms with Crippen LogP contribution < -0.4 is 0 Å². The predicted octanol–water partition coefficient (Wildman–Crippen LogP) is 4.63. The van der Waals surface area contributed by atoms with Crippen LogP contribution in [0.25, 0.3) is 10.9 Å². The minimum Gasteiger partial charge on any atom is -0.388 e. The van der Waals surface area contributed by atoms with Crippen LogP contribution in [0.5, 0.6) is 0 Å². The highest BCUT2D eigenvalue weighted by Gasteiger charge is 2.17. The van der Waals surface area contributed by atoms with Crippen LogP contribution in [0.15, 0.2) is 36.5 Å². The van der Waals surface area contributed by atoms with Crippen LogP contribution in [0.2, 0.25) is 0 Å². The monoisotopic (exact) mass is 269 g/mol. The van der Waals surface area contributed by atoms with E-state index in [1.54, 1.807) is 6.20 Å². The molecule has 2 nitrogen and oxygen atoms in total. The van der Waals surface area contributed by atoms with Crippen LogP contribution in [0.4, 0.5) is 0 Å². The fourth-order valence-corrected chi connectivity index (χ4v) is 3.42. The first-order valence-corrected chi connectivity index (χ1v) is 7.86. The Hall–Kier alpha value is -1.41. The molecule has 1 aromatic carbocycles. The molecule has 1 aliphatic rings. The molecule has 0 saturated heterocycles. The van der Waals surface area contributed by atoms with Crippen molar-refractivity contribution in [3.05, 3.63) is 42.1 Å². The van der Waals surface area contributed by atoms with Crippen molar-refractivity contribution in [1.82, 2.24) is 4.98 Å². The number of fused-ring (bicyclic) bond motifs is 1. The van der Waals surface area contributed by atoms with Crippen molar-refractivity contribution < 1.29 is 5.11 Å². The van der Waals surface area contributed by atoms with Crippen molar-refractivity contribution in [2.75, 3.05) is 0 Å². The molecule has 1 aromatic heterocycles. The van der Waals surface area contributed by atoms with Gasteiger partial charge in [-0.2, -0.15) is 0 Å². The second-order valence-corrected chi connectivity index (χ2v) is 6.02. The summed E-state index contributed by atoms with van der Waals surface area (Å²) in [6.07, 6.45) is 10.3. The van der Waals surface area contributed by atoms with Crippen molar-refractivity contribution in [1.29, 1.82) is 0 Å². The van der Waals surface area contributed by atoms with E-state index in [0.29, 0.717) is 0 Å². The molecule has 1 aliphatic carbocycles. The Morgan fingerprint density at radius 2 is 1.90 bits per heavy atom. The van der Waals surface area contributed by atoms with E-state index in [-0.39, 0.29) is 6.10 Å². The third-order valence-electron chi connectivity index (χ3n) is 4.60. The van der Waals surface area contributed by atoms with Crippen molar-refractivity contribution >= 4 is 10.9 Å². The average molecular weight is 269 g/mol. The van der Waals surface area contributed by atoms with Crippen LogP contribution in [-0.4, -0.2) is 10.1 Å². The lowest BCUT2D eigenvalue weighted by Crippen LogP contribution is -2.08. The number of hydrogen-bond acceptors (Lipinski definition) is 2. The Morgan fingerprint density at radius 1 is 1.10 bits per heavy atom. The minimum absolute atomic E-state index is 0.379. The SMILES string of the molecule is OC(CCC1CCCCC1)c1cccc2cccnc12. The van der Waals surface area contributed by atoms with Gasteiger partial charge in [-0.1, -0.05) is 56.4 Å². The summed E-state index contributed by atoms with van der Waals surface area (Å²) in [6, 6.07) is 10.1. The topological polar surface area (TPSA) is 33.1 Å². The van der Waals surface area contributed by atoms with Gasteiger partial charge in [0.2, 0.25) is 0 Å². The molecule has 0 aliphatic heterocycles. The largest absolute Gasteiger partial charge is 0.388 e. The second-order valence-electron chi connectivity index (χ2n) is 6.02. The number of benzene rings is 1. The maximum atomic E-state index is 10.5. The van der Waals surface area contributed by atoms with Crippen LogP contribution in [0.1, 0.15) is 56.6 Å². The standard InChI is InChI=1S/C18H23NO/c20-17(12-11-14-6-2-1-3-7-14)16-10-4-8-15-9-5-13-19-18(15)16/h4-5,8-10,13-14,17,20H,1-3,6-7,11-12H2. The molecule has 1 unspecified atom stereocenters. The van der Waals surface area contributed by atoms with E-state index in [9.17, 15) is 5.11 Å². The first kappa shape index (κ1) is 13.6. The van der Waals surface area contributed by atoms with Crippen molar-refractivity contribution in [3.8, 4) is 0 Å². The Kier molecular flexibility index (Phi) is 4.31. The van der Waals surface area contributed by atoms with Crippen molar-refractivity contribution in [2.24, 2.45) is 5.92 Å². The summed E-state index contributed by atoms with van der Waals surface area (Å²) in [6.45, 7) is 0. The molecular weight excluding hydrogens is 246 g/mol. The van der Waals surface area contributed by atoms with Gasteiger partial charge in [-0.05, 0) is 24.8 Å². The van der Waals surface area contributed by atoms with E-state index in [1.807, 2.05) is 18.2 Å². The lowest BCUT2D eigenvalue weighted by molar-refractivity contribution is 0.152. The fourth-order valence-electron chi connectivity index (χ4n) is 3.42. The molecule has 1 fully saturated rings. The van der Waals surface area contributed by atoms with E-state index < -0.39 is 0 Å². The predicted molar refractivity (Wildman–Crippen MR) is 82.5 cm³/mol. The molecule has 1 saturated carbocycles. The molecule has 2 heteroatoms. The van der Waals surface area contributed by atoms with Gasteiger partial charge in [-0.3, -0.25) is 4.98 Å². The molecule has 0 bridgehead atoms. The van der Waals surface area contributed by atoms with E-state index in [1.165, 1.54) is 32.1 Å². The Balaban J connectivity index is 1.70. The first-order valence-electron chi connectivity index (χ1n) is 7.86. The van der Waals surface area contributed by atoms with Gasteiger partial charge in [-0.15, -0.1) is 0 Å². The molecule has 2 aromatic rings. The number of aliphatic hydroxyl groups is 1. The molecule has 0 spiro atoms. The smallest absolute Gasteiger partial charge is 0.0811 e. The summed E-state index contributed by atoms with van der Waals surface area (Å²) < 4.78 is 0. The molecule has 0 amide bonds. The van der Waals surface area contributed by atoms with Crippen LogP contribution in [0.3, 0.4) is 0 Å². The highest BCUT2D eigenvalue weighted by molar-refractivity contribution is 5.81. The maximum absolute atomic E-state index is 10.5. The van der Waals surface area contributed by atoms with Crippen molar-refractivity contribution in [3.63, 3.8) is 0 Å². The summed E-state index contributed by atoms with van der Waals surface area (Å²) >= 11 is 0. The molecule has 1 atom stereocenters. The molecular formula is C18H23NO. The van der Waals surface area contributed by atoms with E-state index in [0.717, 1.165) is 35.2 Å².